The highest BCUT2D eigenvalue weighted by Gasteiger charge is 2.64. The van der Waals surface area contributed by atoms with Crippen LogP contribution >= 0.6 is 0 Å². The predicted molar refractivity (Wildman–Crippen MR) is 105 cm³/mol. The predicted octanol–water partition coefficient (Wildman–Crippen LogP) is 5.89. The van der Waals surface area contributed by atoms with Gasteiger partial charge in [0.05, 0.1) is 5.41 Å². The number of carbonyl (C=O) groups is 1. The summed E-state index contributed by atoms with van der Waals surface area (Å²) in [5.74, 6) is -1.71. The van der Waals surface area contributed by atoms with Gasteiger partial charge in [0, 0.05) is 5.92 Å². The molecule has 0 bridgehead atoms. The maximum atomic E-state index is 13.9. The second-order valence-electron chi connectivity index (χ2n) is 10.5. The van der Waals surface area contributed by atoms with E-state index in [-0.39, 0.29) is 35.7 Å². The molecule has 0 aromatic carbocycles. The number of hydrogen-bond donors (Lipinski definition) is 1. The Balaban J connectivity index is 1.98. The highest BCUT2D eigenvalue weighted by Crippen LogP contribution is 2.59. The molecule has 0 amide bonds. The number of hydrogen-bond acceptors (Lipinski definition) is 3. The summed E-state index contributed by atoms with van der Waals surface area (Å²) in [6.07, 6.45) is 2.26. The first-order valence-electron chi connectivity index (χ1n) is 11.4. The standard InChI is InChI=1S/C23H37F3O3/c1-5-21(2,3)20(27)29-19-16-12-8-6-10-14(16)18(22(4,28)23(24,25)26)15-11-7-9-13-17(15)19/h14-19,28H,5-13H2,1-4H3. The van der Waals surface area contributed by atoms with E-state index in [9.17, 15) is 23.1 Å². The van der Waals surface area contributed by atoms with Crippen molar-refractivity contribution in [2.75, 3.05) is 0 Å². The lowest BCUT2D eigenvalue weighted by atomic mass is 9.50. The molecule has 0 saturated heterocycles. The van der Waals surface area contributed by atoms with Crippen LogP contribution in [0.4, 0.5) is 13.2 Å². The zero-order chi connectivity index (χ0) is 21.6. The molecule has 0 aromatic heterocycles. The maximum absolute atomic E-state index is 13.9. The molecule has 0 aliphatic heterocycles. The molecule has 0 aromatic rings. The van der Waals surface area contributed by atoms with Crippen molar-refractivity contribution in [3.05, 3.63) is 0 Å². The van der Waals surface area contributed by atoms with Crippen LogP contribution < -0.4 is 0 Å². The molecule has 3 aliphatic carbocycles. The first-order chi connectivity index (χ1) is 13.4. The summed E-state index contributed by atoms with van der Waals surface area (Å²) in [4.78, 5) is 12.9. The summed E-state index contributed by atoms with van der Waals surface area (Å²) in [5, 5.41) is 10.8. The second kappa shape index (κ2) is 8.05. The maximum Gasteiger partial charge on any atom is 0.417 e. The molecule has 5 atom stereocenters. The Bertz CT molecular complexity index is 575. The molecule has 5 unspecified atom stereocenters. The zero-order valence-electron chi connectivity index (χ0n) is 18.2. The van der Waals surface area contributed by atoms with Crippen LogP contribution in [-0.2, 0) is 9.53 Å². The molecular weight excluding hydrogens is 381 g/mol. The molecule has 29 heavy (non-hydrogen) atoms. The summed E-state index contributed by atoms with van der Waals surface area (Å²) in [6.45, 7) is 6.66. The Morgan fingerprint density at radius 2 is 1.31 bits per heavy atom. The molecule has 3 saturated carbocycles. The van der Waals surface area contributed by atoms with Gasteiger partial charge in [-0.2, -0.15) is 13.2 Å². The number of fused-ring (bicyclic) bond motifs is 2. The van der Waals surface area contributed by atoms with Crippen molar-refractivity contribution in [3.63, 3.8) is 0 Å². The Labute approximate surface area is 172 Å². The molecule has 3 rings (SSSR count). The lowest BCUT2D eigenvalue weighted by Crippen LogP contribution is -2.63. The van der Waals surface area contributed by atoms with Crippen molar-refractivity contribution in [1.82, 2.24) is 0 Å². The third-order valence-electron chi connectivity index (χ3n) is 8.42. The summed E-state index contributed by atoms with van der Waals surface area (Å²) in [6, 6.07) is 0. The van der Waals surface area contributed by atoms with Gasteiger partial charge in [-0.05, 0) is 76.5 Å². The lowest BCUT2D eigenvalue weighted by molar-refractivity contribution is -0.303. The van der Waals surface area contributed by atoms with Crippen molar-refractivity contribution >= 4 is 5.97 Å². The first-order valence-corrected chi connectivity index (χ1v) is 11.4. The van der Waals surface area contributed by atoms with E-state index in [0.29, 0.717) is 19.3 Å². The SMILES string of the molecule is CCC(C)(C)C(=O)OC1C2CCCCC2C(C(C)(O)C(F)(F)F)C2CCCCC21. The van der Waals surface area contributed by atoms with Gasteiger partial charge in [-0.1, -0.05) is 32.6 Å². The van der Waals surface area contributed by atoms with Crippen LogP contribution in [0.3, 0.4) is 0 Å². The molecule has 3 aliphatic rings. The number of halogens is 3. The van der Waals surface area contributed by atoms with Crippen LogP contribution in [0.5, 0.6) is 0 Å². The van der Waals surface area contributed by atoms with E-state index in [1.807, 2.05) is 20.8 Å². The number of rotatable bonds is 4. The van der Waals surface area contributed by atoms with Crippen LogP contribution in [0.2, 0.25) is 0 Å². The lowest BCUT2D eigenvalue weighted by Gasteiger charge is -2.58. The summed E-state index contributed by atoms with van der Waals surface area (Å²) >= 11 is 0. The van der Waals surface area contributed by atoms with Crippen molar-refractivity contribution in [2.24, 2.45) is 35.0 Å². The van der Waals surface area contributed by atoms with Gasteiger partial charge in [-0.15, -0.1) is 0 Å². The quantitative estimate of drug-likeness (QED) is 0.579. The Kier molecular flexibility index (Phi) is 6.35. The van der Waals surface area contributed by atoms with Crippen molar-refractivity contribution in [2.45, 2.75) is 103 Å². The van der Waals surface area contributed by atoms with E-state index >= 15 is 0 Å². The smallest absolute Gasteiger partial charge is 0.417 e. The fourth-order valence-electron chi connectivity index (χ4n) is 6.34. The minimum Gasteiger partial charge on any atom is -0.461 e. The van der Waals surface area contributed by atoms with Gasteiger partial charge in [-0.3, -0.25) is 4.79 Å². The minimum absolute atomic E-state index is 0.0847. The normalized spacial score (nSPS) is 37.8. The van der Waals surface area contributed by atoms with Gasteiger partial charge in [0.25, 0.3) is 0 Å². The first kappa shape index (κ1) is 22.9. The van der Waals surface area contributed by atoms with Gasteiger partial charge in [0.1, 0.15) is 6.10 Å². The number of ether oxygens (including phenoxy) is 1. The zero-order valence-corrected chi connectivity index (χ0v) is 18.2. The van der Waals surface area contributed by atoms with E-state index in [2.05, 4.69) is 0 Å². The molecule has 0 heterocycles. The van der Waals surface area contributed by atoms with Crippen molar-refractivity contribution < 1.29 is 27.8 Å². The summed E-state index contributed by atoms with van der Waals surface area (Å²) in [5.41, 5.74) is -3.30. The summed E-state index contributed by atoms with van der Waals surface area (Å²) in [7, 11) is 0. The Morgan fingerprint density at radius 1 is 0.897 bits per heavy atom. The second-order valence-corrected chi connectivity index (χ2v) is 10.5. The van der Waals surface area contributed by atoms with E-state index in [1.165, 1.54) is 0 Å². The van der Waals surface area contributed by atoms with E-state index < -0.39 is 23.1 Å². The molecule has 1 N–H and O–H groups in total. The van der Waals surface area contributed by atoms with Crippen LogP contribution in [-0.4, -0.2) is 29.0 Å². The largest absolute Gasteiger partial charge is 0.461 e. The minimum atomic E-state index is -4.66. The molecule has 168 valence electrons. The molecule has 3 nitrogen and oxygen atoms in total. The van der Waals surface area contributed by atoms with Gasteiger partial charge in [0.15, 0.2) is 5.60 Å². The third-order valence-corrected chi connectivity index (χ3v) is 8.42. The third kappa shape index (κ3) is 4.07. The number of aliphatic hydroxyl groups is 1. The van der Waals surface area contributed by atoms with Gasteiger partial charge in [0.2, 0.25) is 0 Å². The number of alkyl halides is 3. The average Bonchev–Trinajstić information content (AvgIpc) is 2.66. The van der Waals surface area contributed by atoms with Gasteiger partial charge < -0.3 is 9.84 Å². The fourth-order valence-corrected chi connectivity index (χ4v) is 6.34. The van der Waals surface area contributed by atoms with E-state index in [1.54, 1.807) is 0 Å². The fraction of sp³-hybridized carbons (Fsp3) is 0.957. The van der Waals surface area contributed by atoms with Crippen LogP contribution in [0.1, 0.15) is 85.5 Å². The van der Waals surface area contributed by atoms with Crippen LogP contribution in [0.25, 0.3) is 0 Å². The molecule has 0 radical (unpaired) electrons. The van der Waals surface area contributed by atoms with Crippen molar-refractivity contribution in [3.8, 4) is 0 Å². The van der Waals surface area contributed by atoms with Gasteiger partial charge in [-0.25, -0.2) is 0 Å². The number of esters is 1. The van der Waals surface area contributed by atoms with Crippen molar-refractivity contribution in [1.29, 1.82) is 0 Å². The topological polar surface area (TPSA) is 46.5 Å². The van der Waals surface area contributed by atoms with E-state index in [0.717, 1.165) is 45.4 Å². The Morgan fingerprint density at radius 3 is 1.69 bits per heavy atom. The number of carbonyl (C=O) groups excluding carboxylic acids is 1. The monoisotopic (exact) mass is 418 g/mol. The molecule has 0 spiro atoms. The molecular formula is C23H37F3O3. The molecule has 3 fully saturated rings. The average molecular weight is 419 g/mol. The van der Waals surface area contributed by atoms with E-state index in [4.69, 9.17) is 4.74 Å². The Hall–Kier alpha value is -0.780. The summed E-state index contributed by atoms with van der Waals surface area (Å²) < 4.78 is 47.9. The molecule has 6 heteroatoms. The van der Waals surface area contributed by atoms with Crippen LogP contribution in [0.15, 0.2) is 0 Å². The highest BCUT2D eigenvalue weighted by molar-refractivity contribution is 5.76. The van der Waals surface area contributed by atoms with Crippen LogP contribution in [0, 0.1) is 35.0 Å². The van der Waals surface area contributed by atoms with Gasteiger partial charge >= 0.3 is 12.1 Å². The highest BCUT2D eigenvalue weighted by atomic mass is 19.4.